The number of nitriles is 1. The molecule has 1 amide bonds. The smallest absolute Gasteiger partial charge is 0.412 e. The van der Waals surface area contributed by atoms with Gasteiger partial charge in [-0.05, 0) is 43.7 Å². The van der Waals surface area contributed by atoms with E-state index < -0.39 is 23.3 Å². The number of thiophene rings is 1. The highest BCUT2D eigenvalue weighted by atomic mass is 32.1. The lowest BCUT2D eigenvalue weighted by Crippen LogP contribution is -2.27. The van der Waals surface area contributed by atoms with E-state index in [9.17, 15) is 10.1 Å². The molecule has 0 saturated carbocycles. The first-order valence-electron chi connectivity index (χ1n) is 13.3. The van der Waals surface area contributed by atoms with Crippen molar-refractivity contribution in [1.82, 2.24) is 15.0 Å². The van der Waals surface area contributed by atoms with E-state index in [1.54, 1.807) is 27.0 Å². The van der Waals surface area contributed by atoms with E-state index in [0.29, 0.717) is 28.7 Å². The van der Waals surface area contributed by atoms with Crippen molar-refractivity contribution in [3.05, 3.63) is 40.7 Å². The van der Waals surface area contributed by atoms with Gasteiger partial charge >= 0.3 is 6.09 Å². The zero-order valence-electron chi connectivity index (χ0n) is 23.3. The molecule has 0 bridgehead atoms. The molecule has 5 heterocycles. The van der Waals surface area contributed by atoms with Crippen molar-refractivity contribution in [2.75, 3.05) is 23.3 Å². The fraction of sp³-hybridized carbons (Fsp3) is 0.414. The Kier molecular flexibility index (Phi) is 6.54. The Morgan fingerprint density at radius 3 is 2.56 bits per heavy atom. The van der Waals surface area contributed by atoms with E-state index in [4.69, 9.17) is 9.47 Å². The van der Waals surface area contributed by atoms with E-state index in [0.717, 1.165) is 36.2 Å². The van der Waals surface area contributed by atoms with E-state index in [2.05, 4.69) is 40.2 Å². The number of pyridine rings is 1. The van der Waals surface area contributed by atoms with Gasteiger partial charge in [-0.15, -0.1) is 11.3 Å². The van der Waals surface area contributed by atoms with Crippen LogP contribution in [0.25, 0.3) is 32.2 Å². The van der Waals surface area contributed by atoms with Crippen LogP contribution in [0.2, 0.25) is 0 Å². The van der Waals surface area contributed by atoms with Crippen molar-refractivity contribution in [1.29, 1.82) is 5.26 Å². The molecule has 2 atom stereocenters. The third kappa shape index (κ3) is 4.63. The summed E-state index contributed by atoms with van der Waals surface area (Å²) in [6.07, 6.45) is 1.83. The normalized spacial score (nSPS) is 18.6. The zero-order chi connectivity index (χ0) is 29.2. The molecular weight excluding hydrogens is 550 g/mol. The predicted octanol–water partition coefficient (Wildman–Crippen LogP) is 6.53. The van der Waals surface area contributed by atoms with Gasteiger partial charge in [0.25, 0.3) is 0 Å². The van der Waals surface area contributed by atoms with Gasteiger partial charge in [-0.25, -0.2) is 23.5 Å². The fourth-order valence-corrected chi connectivity index (χ4v) is 6.49. The van der Waals surface area contributed by atoms with Gasteiger partial charge in [0.2, 0.25) is 5.95 Å². The molecule has 9 nitrogen and oxygen atoms in total. The molecule has 1 fully saturated rings. The summed E-state index contributed by atoms with van der Waals surface area (Å²) >= 11 is 0.865. The number of hydrogen-bond donors (Lipinski definition) is 1. The Morgan fingerprint density at radius 2 is 1.88 bits per heavy atom. The van der Waals surface area contributed by atoms with Crippen LogP contribution in [0.5, 0.6) is 0 Å². The fourth-order valence-electron chi connectivity index (χ4n) is 5.45. The number of aromatic nitrogens is 3. The number of fused-ring (bicyclic) bond motifs is 4. The van der Waals surface area contributed by atoms with Crippen LogP contribution < -0.4 is 10.2 Å². The minimum atomic E-state index is -0.795. The molecule has 2 aliphatic heterocycles. The topological polar surface area (TPSA) is 113 Å². The summed E-state index contributed by atoms with van der Waals surface area (Å²) in [5.74, 6) is -0.00635. The Morgan fingerprint density at radius 1 is 1.17 bits per heavy atom. The quantitative estimate of drug-likeness (QED) is 0.292. The summed E-state index contributed by atoms with van der Waals surface area (Å²) < 4.78 is 42.8. The van der Waals surface area contributed by atoms with Gasteiger partial charge in [0.15, 0.2) is 11.6 Å². The maximum absolute atomic E-state index is 16.6. The average Bonchev–Trinajstić information content (AvgIpc) is 3.61. The van der Waals surface area contributed by atoms with Gasteiger partial charge in [-0.1, -0.05) is 13.8 Å². The second-order valence-electron chi connectivity index (χ2n) is 11.6. The summed E-state index contributed by atoms with van der Waals surface area (Å²) in [7, 11) is 0. The molecule has 1 aromatic carbocycles. The number of rotatable bonds is 3. The summed E-state index contributed by atoms with van der Waals surface area (Å²) in [6, 6.07) is 2.05. The van der Waals surface area contributed by atoms with E-state index in [1.807, 2.05) is 4.90 Å². The summed E-state index contributed by atoms with van der Waals surface area (Å²) in [6.45, 7) is 11.3. The van der Waals surface area contributed by atoms with Crippen molar-refractivity contribution in [2.45, 2.75) is 53.4 Å². The highest BCUT2D eigenvalue weighted by Crippen LogP contribution is 2.46. The van der Waals surface area contributed by atoms with Crippen molar-refractivity contribution in [2.24, 2.45) is 11.8 Å². The lowest BCUT2D eigenvalue weighted by Gasteiger charge is -2.19. The molecule has 0 aliphatic carbocycles. The van der Waals surface area contributed by atoms with Gasteiger partial charge in [-0.2, -0.15) is 5.26 Å². The molecule has 6 rings (SSSR count). The molecule has 0 spiro atoms. The molecule has 12 heteroatoms. The molecular formula is C29H28F2N6O3S. The summed E-state index contributed by atoms with van der Waals surface area (Å²) in [5.41, 5.74) is 0.747. The van der Waals surface area contributed by atoms with Gasteiger partial charge in [0.1, 0.15) is 22.2 Å². The largest absolute Gasteiger partial charge is 0.444 e. The first-order chi connectivity index (χ1) is 19.5. The molecule has 212 valence electrons. The van der Waals surface area contributed by atoms with Crippen LogP contribution in [-0.2, 0) is 22.7 Å². The average molecular weight is 579 g/mol. The highest BCUT2D eigenvalue weighted by molar-refractivity contribution is 7.23. The lowest BCUT2D eigenvalue weighted by atomic mass is 9.94. The second-order valence-corrected chi connectivity index (χ2v) is 12.7. The number of amides is 1. The molecule has 4 aromatic rings. The lowest BCUT2D eigenvalue weighted by molar-refractivity contribution is 0.0636. The van der Waals surface area contributed by atoms with E-state index >= 15 is 8.78 Å². The van der Waals surface area contributed by atoms with E-state index in [-0.39, 0.29) is 50.6 Å². The summed E-state index contributed by atoms with van der Waals surface area (Å²) in [5, 5.41) is 13.4. The minimum Gasteiger partial charge on any atom is -0.444 e. The third-order valence-electron chi connectivity index (χ3n) is 7.59. The Hall–Kier alpha value is -3.95. The van der Waals surface area contributed by atoms with Gasteiger partial charge in [0.05, 0.1) is 35.4 Å². The van der Waals surface area contributed by atoms with Gasteiger partial charge in [-0.3, -0.25) is 10.3 Å². The standard InChI is InChI=1S/C29H28F2N6O3S/c1-13-9-37(10-14(13)2)27-34-7-16-17-11-39-12-18(17)20(22(31)23(16)35-27)24-21-15(6-32)26(36-28(38)40-29(3,4)5)41-25(21)19(30)8-33-24/h7-8,13-14H,9-12H2,1-5H3,(H,36,38)/t13-,14?/m0/s1. The van der Waals surface area contributed by atoms with Crippen LogP contribution in [-0.4, -0.2) is 39.7 Å². The van der Waals surface area contributed by atoms with Crippen LogP contribution >= 0.6 is 11.3 Å². The molecule has 1 saturated heterocycles. The maximum Gasteiger partial charge on any atom is 0.412 e. The number of hydrogen-bond acceptors (Lipinski definition) is 9. The monoisotopic (exact) mass is 578 g/mol. The first-order valence-corrected chi connectivity index (χ1v) is 14.1. The Balaban J connectivity index is 1.55. The highest BCUT2D eigenvalue weighted by Gasteiger charge is 2.32. The number of halogens is 2. The molecule has 3 aromatic heterocycles. The molecule has 2 aliphatic rings. The van der Waals surface area contributed by atoms with Crippen LogP contribution in [0.3, 0.4) is 0 Å². The van der Waals surface area contributed by atoms with Crippen LogP contribution in [0, 0.1) is 34.8 Å². The number of nitrogens with zero attached hydrogens (tertiary/aromatic N) is 5. The summed E-state index contributed by atoms with van der Waals surface area (Å²) in [4.78, 5) is 28.1. The molecule has 0 radical (unpaired) electrons. The molecule has 1 N–H and O–H groups in total. The van der Waals surface area contributed by atoms with Crippen molar-refractivity contribution in [3.63, 3.8) is 0 Å². The van der Waals surface area contributed by atoms with Gasteiger partial charge in [0, 0.05) is 35.6 Å². The number of carbonyl (C=O) groups is 1. The van der Waals surface area contributed by atoms with E-state index in [1.165, 1.54) is 0 Å². The zero-order valence-corrected chi connectivity index (χ0v) is 24.1. The van der Waals surface area contributed by atoms with Crippen molar-refractivity contribution < 1.29 is 23.0 Å². The number of benzene rings is 1. The Bertz CT molecular complexity index is 1770. The number of carbonyl (C=O) groups excluding carboxylic acids is 1. The number of ether oxygens (including phenoxy) is 2. The van der Waals surface area contributed by atoms with Crippen LogP contribution in [0.1, 0.15) is 51.3 Å². The van der Waals surface area contributed by atoms with Crippen molar-refractivity contribution >= 4 is 49.4 Å². The van der Waals surface area contributed by atoms with Crippen molar-refractivity contribution in [3.8, 4) is 17.3 Å². The maximum atomic E-state index is 16.6. The van der Waals surface area contributed by atoms with Crippen LogP contribution in [0.15, 0.2) is 12.4 Å². The SMILES string of the molecule is CC1CN(c2ncc3c4c(c(-c5ncc(F)c6sc(NC(=O)OC(C)(C)C)c(C#N)c56)c(F)c3n2)COC4)C[C@@H]1C. The Labute approximate surface area is 239 Å². The second kappa shape index (κ2) is 9.85. The molecule has 41 heavy (non-hydrogen) atoms. The predicted molar refractivity (Wildman–Crippen MR) is 152 cm³/mol. The van der Waals surface area contributed by atoms with Crippen LogP contribution in [0.4, 0.5) is 24.5 Å². The van der Waals surface area contributed by atoms with Gasteiger partial charge < -0.3 is 14.4 Å². The number of nitrogens with one attached hydrogen (secondary N) is 1. The number of anilines is 2. The first kappa shape index (κ1) is 27.2. The molecule has 1 unspecified atom stereocenters. The third-order valence-corrected chi connectivity index (χ3v) is 8.70. The minimum absolute atomic E-state index is 0.0339.